The minimum Gasteiger partial charge on any atom is -0.496 e. The summed E-state index contributed by atoms with van der Waals surface area (Å²) < 4.78 is 5.17. The van der Waals surface area contributed by atoms with Crippen molar-refractivity contribution in [3.63, 3.8) is 0 Å². The number of rotatable bonds is 4. The smallest absolute Gasteiger partial charge is 0.123 e. The van der Waals surface area contributed by atoms with Crippen molar-refractivity contribution in [2.24, 2.45) is 0 Å². The maximum atomic E-state index is 5.80. The Morgan fingerprint density at radius 3 is 2.86 bits per heavy atom. The fourth-order valence-corrected chi connectivity index (χ4v) is 1.51. The largest absolute Gasteiger partial charge is 0.496 e. The molecule has 0 atom stereocenters. The quantitative estimate of drug-likeness (QED) is 0.614. The molecule has 0 aliphatic carbocycles. The Morgan fingerprint density at radius 1 is 1.50 bits per heavy atom. The average Bonchev–Trinajstić information content (AvgIpc) is 2.25. The van der Waals surface area contributed by atoms with Crippen molar-refractivity contribution < 1.29 is 4.74 Å². The summed E-state index contributed by atoms with van der Waals surface area (Å²) in [4.78, 5) is 0. The highest BCUT2D eigenvalue weighted by Gasteiger charge is 2.01. The van der Waals surface area contributed by atoms with Gasteiger partial charge in [-0.3, -0.25) is 0 Å². The third kappa shape index (κ3) is 2.96. The maximum absolute atomic E-state index is 5.80. The molecule has 0 fully saturated rings. The molecule has 1 rings (SSSR count). The summed E-state index contributed by atoms with van der Waals surface area (Å²) in [5.41, 5.74) is 2.13. The molecule has 0 heterocycles. The minimum atomic E-state index is 0.464. The minimum absolute atomic E-state index is 0.464. The van der Waals surface area contributed by atoms with Gasteiger partial charge in [0.2, 0.25) is 0 Å². The van der Waals surface area contributed by atoms with Gasteiger partial charge < -0.3 is 4.74 Å². The zero-order chi connectivity index (χ0) is 10.4. The second kappa shape index (κ2) is 5.99. The van der Waals surface area contributed by atoms with E-state index in [1.807, 2.05) is 30.4 Å². The SMILES string of the molecule is COc1ccc(C=CCS)cc1CCl. The molecule has 0 unspecified atom stereocenters. The van der Waals surface area contributed by atoms with Crippen LogP contribution in [0.1, 0.15) is 11.1 Å². The molecule has 0 spiro atoms. The molecule has 0 aliphatic heterocycles. The number of alkyl halides is 1. The van der Waals surface area contributed by atoms with Crippen molar-refractivity contribution in [2.75, 3.05) is 12.9 Å². The summed E-state index contributed by atoms with van der Waals surface area (Å²) in [6.07, 6.45) is 4.01. The molecule has 0 aliphatic rings. The fraction of sp³-hybridized carbons (Fsp3) is 0.273. The molecule has 0 saturated carbocycles. The molecular formula is C11H13ClOS. The van der Waals surface area contributed by atoms with Crippen LogP contribution in [0.3, 0.4) is 0 Å². The molecule has 14 heavy (non-hydrogen) atoms. The lowest BCUT2D eigenvalue weighted by Crippen LogP contribution is -1.89. The van der Waals surface area contributed by atoms with Crippen LogP contribution in [-0.2, 0) is 5.88 Å². The van der Waals surface area contributed by atoms with Gasteiger partial charge in [0.15, 0.2) is 0 Å². The Kier molecular flexibility index (Phi) is 4.91. The van der Waals surface area contributed by atoms with Crippen LogP contribution in [0.15, 0.2) is 24.3 Å². The second-order valence-electron chi connectivity index (χ2n) is 2.79. The van der Waals surface area contributed by atoms with Gasteiger partial charge >= 0.3 is 0 Å². The predicted molar refractivity (Wildman–Crippen MR) is 65.4 cm³/mol. The Balaban J connectivity index is 2.95. The molecule has 1 nitrogen and oxygen atoms in total. The van der Waals surface area contributed by atoms with E-state index < -0.39 is 0 Å². The number of methoxy groups -OCH3 is 1. The molecular weight excluding hydrogens is 216 g/mol. The van der Waals surface area contributed by atoms with E-state index in [4.69, 9.17) is 16.3 Å². The van der Waals surface area contributed by atoms with Gasteiger partial charge in [0.25, 0.3) is 0 Å². The van der Waals surface area contributed by atoms with Gasteiger partial charge in [0.05, 0.1) is 13.0 Å². The maximum Gasteiger partial charge on any atom is 0.123 e. The first-order valence-corrected chi connectivity index (χ1v) is 5.48. The second-order valence-corrected chi connectivity index (χ2v) is 3.42. The van der Waals surface area contributed by atoms with Crippen LogP contribution in [0.25, 0.3) is 6.08 Å². The highest BCUT2D eigenvalue weighted by Crippen LogP contribution is 2.22. The fourth-order valence-electron chi connectivity index (χ4n) is 1.20. The summed E-state index contributed by atoms with van der Waals surface area (Å²) in [7, 11) is 1.65. The normalized spacial score (nSPS) is 10.8. The molecule has 0 radical (unpaired) electrons. The molecule has 1 aromatic rings. The van der Waals surface area contributed by atoms with Crippen LogP contribution < -0.4 is 4.74 Å². The van der Waals surface area contributed by atoms with Gasteiger partial charge in [-0.1, -0.05) is 18.2 Å². The zero-order valence-electron chi connectivity index (χ0n) is 8.03. The summed E-state index contributed by atoms with van der Waals surface area (Å²) in [6.45, 7) is 0. The van der Waals surface area contributed by atoms with Crippen LogP contribution in [-0.4, -0.2) is 12.9 Å². The molecule has 1 aromatic carbocycles. The first-order valence-electron chi connectivity index (χ1n) is 4.32. The molecule has 0 aromatic heterocycles. The zero-order valence-corrected chi connectivity index (χ0v) is 9.68. The predicted octanol–water partition coefficient (Wildman–Crippen LogP) is 3.38. The third-order valence-electron chi connectivity index (χ3n) is 1.86. The topological polar surface area (TPSA) is 9.23 Å². The van der Waals surface area contributed by atoms with Crippen LogP contribution in [0.5, 0.6) is 5.75 Å². The summed E-state index contributed by atoms with van der Waals surface area (Å²) in [5, 5.41) is 0. The molecule has 0 N–H and O–H groups in total. The standard InChI is InChI=1S/C11H13ClOS/c1-13-11-5-4-9(3-2-6-14)7-10(11)8-12/h2-5,7,14H,6,8H2,1H3. The highest BCUT2D eigenvalue weighted by molar-refractivity contribution is 7.80. The van der Waals surface area contributed by atoms with Crippen LogP contribution in [0.2, 0.25) is 0 Å². The number of thiol groups is 1. The van der Waals surface area contributed by atoms with E-state index in [9.17, 15) is 0 Å². The highest BCUT2D eigenvalue weighted by atomic mass is 35.5. The van der Waals surface area contributed by atoms with Gasteiger partial charge in [0, 0.05) is 11.3 Å². The van der Waals surface area contributed by atoms with E-state index in [1.165, 1.54) is 0 Å². The van der Waals surface area contributed by atoms with Gasteiger partial charge in [-0.25, -0.2) is 0 Å². The van der Waals surface area contributed by atoms with E-state index >= 15 is 0 Å². The molecule has 0 saturated heterocycles. The van der Waals surface area contributed by atoms with E-state index in [1.54, 1.807) is 7.11 Å². The Labute approximate surface area is 95.1 Å². The number of hydrogen-bond acceptors (Lipinski definition) is 2. The van der Waals surface area contributed by atoms with Crippen molar-refractivity contribution >= 4 is 30.3 Å². The van der Waals surface area contributed by atoms with Crippen molar-refractivity contribution in [1.29, 1.82) is 0 Å². The number of benzene rings is 1. The van der Waals surface area contributed by atoms with Gasteiger partial charge in [-0.2, -0.15) is 12.6 Å². The van der Waals surface area contributed by atoms with Gasteiger partial charge in [-0.05, 0) is 17.7 Å². The van der Waals surface area contributed by atoms with E-state index in [-0.39, 0.29) is 0 Å². The summed E-state index contributed by atoms with van der Waals surface area (Å²) >= 11 is 9.90. The van der Waals surface area contributed by atoms with E-state index in [0.29, 0.717) is 5.88 Å². The Morgan fingerprint density at radius 2 is 2.29 bits per heavy atom. The monoisotopic (exact) mass is 228 g/mol. The first-order chi connectivity index (χ1) is 6.81. The van der Waals surface area contributed by atoms with Crippen LogP contribution >= 0.6 is 24.2 Å². The molecule has 0 bridgehead atoms. The van der Waals surface area contributed by atoms with E-state index in [0.717, 1.165) is 22.6 Å². The van der Waals surface area contributed by atoms with Crippen LogP contribution in [0, 0.1) is 0 Å². The Hall–Kier alpha value is -0.600. The number of hydrogen-bond donors (Lipinski definition) is 1. The van der Waals surface area contributed by atoms with E-state index in [2.05, 4.69) is 12.6 Å². The molecule has 76 valence electrons. The molecule has 0 amide bonds. The van der Waals surface area contributed by atoms with Gasteiger partial charge in [0.1, 0.15) is 5.75 Å². The number of ether oxygens (including phenoxy) is 1. The van der Waals surface area contributed by atoms with Crippen molar-refractivity contribution in [1.82, 2.24) is 0 Å². The first kappa shape index (κ1) is 11.5. The van der Waals surface area contributed by atoms with Crippen LogP contribution in [0.4, 0.5) is 0 Å². The third-order valence-corrected chi connectivity index (χ3v) is 2.36. The lowest BCUT2D eigenvalue weighted by molar-refractivity contribution is 0.411. The van der Waals surface area contributed by atoms with Gasteiger partial charge in [-0.15, -0.1) is 11.6 Å². The van der Waals surface area contributed by atoms with Crippen molar-refractivity contribution in [2.45, 2.75) is 5.88 Å². The summed E-state index contributed by atoms with van der Waals surface area (Å²) in [6, 6.07) is 5.94. The lowest BCUT2D eigenvalue weighted by atomic mass is 10.1. The summed E-state index contributed by atoms with van der Waals surface area (Å²) in [5.74, 6) is 2.04. The Bertz CT molecular complexity index is 323. The van der Waals surface area contributed by atoms with Crippen molar-refractivity contribution in [3.05, 3.63) is 35.4 Å². The lowest BCUT2D eigenvalue weighted by Gasteiger charge is -2.06. The van der Waals surface area contributed by atoms with Crippen molar-refractivity contribution in [3.8, 4) is 5.75 Å². The number of halogens is 1. The molecule has 3 heteroatoms. The average molecular weight is 229 g/mol.